The average molecular weight is 347 g/mol. The highest BCUT2D eigenvalue weighted by atomic mass is 16.6. The molecule has 1 amide bonds. The van der Waals surface area contributed by atoms with Gasteiger partial charge in [0.1, 0.15) is 5.60 Å². The molecule has 3 atom stereocenters. The fourth-order valence-corrected chi connectivity index (χ4v) is 3.68. The molecule has 4 nitrogen and oxygen atoms in total. The van der Waals surface area contributed by atoms with Crippen LogP contribution in [-0.4, -0.2) is 24.3 Å². The van der Waals surface area contributed by atoms with Gasteiger partial charge >= 0.3 is 6.09 Å². The van der Waals surface area contributed by atoms with Crippen molar-refractivity contribution in [3.8, 4) is 0 Å². The number of hydrogen-bond donors (Lipinski definition) is 2. The van der Waals surface area contributed by atoms with Crippen molar-refractivity contribution in [2.75, 3.05) is 6.54 Å². The molecule has 0 saturated heterocycles. The van der Waals surface area contributed by atoms with Crippen molar-refractivity contribution in [1.29, 1.82) is 0 Å². The quantitative estimate of drug-likeness (QED) is 0.810. The second-order valence-corrected chi connectivity index (χ2v) is 8.28. The molecule has 2 N–H and O–H groups in total. The Labute approximate surface area is 152 Å². The van der Waals surface area contributed by atoms with E-state index in [2.05, 4.69) is 48.7 Å². The number of carbonyl (C=O) groups is 1. The zero-order valence-corrected chi connectivity index (χ0v) is 16.4. The fourth-order valence-electron chi connectivity index (χ4n) is 3.68. The number of amides is 1. The Morgan fingerprint density at radius 1 is 1.24 bits per heavy atom. The number of nitrogens with one attached hydrogen (secondary N) is 2. The van der Waals surface area contributed by atoms with E-state index >= 15 is 0 Å². The first-order valence-electron chi connectivity index (χ1n) is 9.54. The lowest BCUT2D eigenvalue weighted by molar-refractivity contribution is 0.0510. The number of rotatable bonds is 5. The SMILES string of the molecule is Cc1ccccc1C(C)NC1CCCCC1CNC(=O)OC(C)(C)C. The van der Waals surface area contributed by atoms with E-state index < -0.39 is 5.60 Å². The van der Waals surface area contributed by atoms with Crippen LogP contribution in [0.1, 0.15) is 70.5 Å². The normalized spacial score (nSPS) is 22.3. The Kier molecular flexibility index (Phi) is 6.88. The van der Waals surface area contributed by atoms with Crippen LogP contribution in [0, 0.1) is 12.8 Å². The van der Waals surface area contributed by atoms with Gasteiger partial charge in [-0.2, -0.15) is 0 Å². The summed E-state index contributed by atoms with van der Waals surface area (Å²) in [5, 5.41) is 6.77. The van der Waals surface area contributed by atoms with Crippen LogP contribution in [0.4, 0.5) is 4.79 Å². The van der Waals surface area contributed by atoms with Crippen LogP contribution in [0.25, 0.3) is 0 Å². The minimum absolute atomic E-state index is 0.313. The first kappa shape index (κ1) is 19.8. The predicted octanol–water partition coefficient (Wildman–Crippen LogP) is 4.73. The van der Waals surface area contributed by atoms with Crippen LogP contribution in [0.15, 0.2) is 24.3 Å². The minimum Gasteiger partial charge on any atom is -0.444 e. The molecule has 0 radical (unpaired) electrons. The third kappa shape index (κ3) is 6.35. The van der Waals surface area contributed by atoms with Crippen molar-refractivity contribution in [3.05, 3.63) is 35.4 Å². The molecule has 1 aliphatic carbocycles. The lowest BCUT2D eigenvalue weighted by Crippen LogP contribution is -2.45. The molecule has 1 aliphatic rings. The lowest BCUT2D eigenvalue weighted by atomic mass is 9.83. The van der Waals surface area contributed by atoms with Gasteiger partial charge in [-0.25, -0.2) is 4.79 Å². The average Bonchev–Trinajstić information content (AvgIpc) is 2.52. The fraction of sp³-hybridized carbons (Fsp3) is 0.667. The number of ether oxygens (including phenoxy) is 1. The van der Waals surface area contributed by atoms with E-state index in [1.807, 2.05) is 20.8 Å². The molecule has 1 fully saturated rings. The van der Waals surface area contributed by atoms with Crippen molar-refractivity contribution in [1.82, 2.24) is 10.6 Å². The topological polar surface area (TPSA) is 50.4 Å². The summed E-state index contributed by atoms with van der Waals surface area (Å²) < 4.78 is 5.36. The van der Waals surface area contributed by atoms with Crippen molar-refractivity contribution in [2.24, 2.45) is 5.92 Å². The van der Waals surface area contributed by atoms with Crippen LogP contribution >= 0.6 is 0 Å². The third-order valence-electron chi connectivity index (χ3n) is 4.94. The number of aryl methyl sites for hydroxylation is 1. The van der Waals surface area contributed by atoms with Gasteiger partial charge in [-0.3, -0.25) is 0 Å². The molecule has 0 spiro atoms. The van der Waals surface area contributed by atoms with Crippen molar-refractivity contribution in [3.63, 3.8) is 0 Å². The van der Waals surface area contributed by atoms with Crippen LogP contribution in [-0.2, 0) is 4.74 Å². The molecule has 0 heterocycles. The van der Waals surface area contributed by atoms with Gasteiger partial charge in [0.05, 0.1) is 0 Å². The lowest BCUT2D eigenvalue weighted by Gasteiger charge is -2.35. The molecule has 0 bridgehead atoms. The summed E-state index contributed by atoms with van der Waals surface area (Å²) in [6, 6.07) is 9.29. The molecule has 140 valence electrons. The van der Waals surface area contributed by atoms with E-state index in [4.69, 9.17) is 4.74 Å². The van der Waals surface area contributed by atoms with Gasteiger partial charge in [-0.05, 0) is 64.5 Å². The highest BCUT2D eigenvalue weighted by Crippen LogP contribution is 2.27. The first-order chi connectivity index (χ1) is 11.8. The van der Waals surface area contributed by atoms with E-state index in [1.54, 1.807) is 0 Å². The summed E-state index contributed by atoms with van der Waals surface area (Å²) in [5.41, 5.74) is 2.22. The van der Waals surface area contributed by atoms with Crippen LogP contribution in [0.3, 0.4) is 0 Å². The van der Waals surface area contributed by atoms with Crippen LogP contribution < -0.4 is 10.6 Å². The summed E-state index contributed by atoms with van der Waals surface area (Å²) in [7, 11) is 0. The van der Waals surface area contributed by atoms with Crippen molar-refractivity contribution >= 4 is 6.09 Å². The zero-order valence-electron chi connectivity index (χ0n) is 16.4. The highest BCUT2D eigenvalue weighted by molar-refractivity contribution is 5.67. The number of benzene rings is 1. The molecule has 4 heteroatoms. The van der Waals surface area contributed by atoms with Gasteiger partial charge in [0.2, 0.25) is 0 Å². The second kappa shape index (κ2) is 8.70. The molecule has 1 aromatic carbocycles. The number of alkyl carbamates (subject to hydrolysis) is 1. The van der Waals surface area contributed by atoms with E-state index in [-0.39, 0.29) is 6.09 Å². The smallest absolute Gasteiger partial charge is 0.407 e. The van der Waals surface area contributed by atoms with Gasteiger partial charge in [-0.1, -0.05) is 37.1 Å². The molecular weight excluding hydrogens is 312 g/mol. The molecule has 0 aliphatic heterocycles. The summed E-state index contributed by atoms with van der Waals surface area (Å²) in [5.74, 6) is 0.452. The minimum atomic E-state index is -0.451. The molecule has 2 rings (SSSR count). The maximum absolute atomic E-state index is 11.9. The van der Waals surface area contributed by atoms with Crippen molar-refractivity contribution < 1.29 is 9.53 Å². The standard InChI is InChI=1S/C21H34N2O2/c1-15-10-6-8-12-18(15)16(2)23-19-13-9-7-11-17(19)14-22-20(24)25-21(3,4)5/h6,8,10,12,16-17,19,23H,7,9,11,13-14H2,1-5H3,(H,22,24). The zero-order chi connectivity index (χ0) is 18.4. The Bertz CT molecular complexity index is 565. The maximum Gasteiger partial charge on any atom is 0.407 e. The monoisotopic (exact) mass is 346 g/mol. The van der Waals surface area contributed by atoms with Gasteiger partial charge in [0, 0.05) is 18.6 Å². The Morgan fingerprint density at radius 3 is 2.60 bits per heavy atom. The molecule has 3 unspecified atom stereocenters. The first-order valence-corrected chi connectivity index (χ1v) is 9.54. The molecule has 1 aromatic rings. The number of hydrogen-bond acceptors (Lipinski definition) is 3. The van der Waals surface area contributed by atoms with Gasteiger partial charge in [0.25, 0.3) is 0 Å². The predicted molar refractivity (Wildman–Crippen MR) is 103 cm³/mol. The second-order valence-electron chi connectivity index (χ2n) is 8.28. The summed E-state index contributed by atoms with van der Waals surface area (Å²) in [6.45, 7) is 10.7. The maximum atomic E-state index is 11.9. The molecule has 25 heavy (non-hydrogen) atoms. The van der Waals surface area contributed by atoms with Crippen LogP contribution in [0.2, 0.25) is 0 Å². The van der Waals surface area contributed by atoms with Crippen LogP contribution in [0.5, 0.6) is 0 Å². The van der Waals surface area contributed by atoms with Gasteiger partial charge in [-0.15, -0.1) is 0 Å². The van der Waals surface area contributed by atoms with E-state index in [0.717, 1.165) is 12.8 Å². The Morgan fingerprint density at radius 2 is 1.92 bits per heavy atom. The molecule has 1 saturated carbocycles. The summed E-state index contributed by atoms with van der Waals surface area (Å²) in [4.78, 5) is 11.9. The van der Waals surface area contributed by atoms with E-state index in [1.165, 1.54) is 24.0 Å². The van der Waals surface area contributed by atoms with E-state index in [9.17, 15) is 4.79 Å². The van der Waals surface area contributed by atoms with Gasteiger partial charge < -0.3 is 15.4 Å². The largest absolute Gasteiger partial charge is 0.444 e. The Hall–Kier alpha value is -1.55. The van der Waals surface area contributed by atoms with E-state index in [0.29, 0.717) is 24.5 Å². The third-order valence-corrected chi connectivity index (χ3v) is 4.94. The highest BCUT2D eigenvalue weighted by Gasteiger charge is 2.27. The van der Waals surface area contributed by atoms with Crippen molar-refractivity contribution in [2.45, 2.75) is 78.0 Å². The number of carbonyl (C=O) groups excluding carboxylic acids is 1. The summed E-state index contributed by atoms with van der Waals surface area (Å²) >= 11 is 0. The molecular formula is C21H34N2O2. The summed E-state index contributed by atoms with van der Waals surface area (Å²) in [6.07, 6.45) is 4.48. The molecule has 0 aromatic heterocycles. The Balaban J connectivity index is 1.91. The van der Waals surface area contributed by atoms with Gasteiger partial charge in [0.15, 0.2) is 0 Å².